The van der Waals surface area contributed by atoms with Gasteiger partial charge in [0.2, 0.25) is 0 Å². The van der Waals surface area contributed by atoms with E-state index in [4.69, 9.17) is 0 Å². The smallest absolute Gasteiger partial charge is 0.184 e. The van der Waals surface area contributed by atoms with E-state index in [0.717, 1.165) is 24.7 Å². The molecule has 2 aromatic carbocycles. The van der Waals surface area contributed by atoms with Crippen molar-refractivity contribution in [2.45, 2.75) is 27.7 Å². The maximum atomic E-state index is 14.2. The summed E-state index contributed by atoms with van der Waals surface area (Å²) in [6.45, 7) is 10.1. The van der Waals surface area contributed by atoms with E-state index in [0.29, 0.717) is 6.54 Å². The molecule has 0 aliphatic carbocycles. The first kappa shape index (κ1) is 22.8. The predicted octanol–water partition coefficient (Wildman–Crippen LogP) is 5.05. The molecule has 0 bridgehead atoms. The molecule has 0 unspecified atom stereocenters. The number of likely N-dealkylation sites (N-methyl/N-ethyl adjacent to an activating group) is 1. The molecular weight excluding hydrogens is 353 g/mol. The number of nitrogens with zero attached hydrogens (tertiary/aromatic N) is 1. The van der Waals surface area contributed by atoms with Crippen LogP contribution in [0, 0.1) is 24.4 Å². The normalized spacial score (nSPS) is 10.4. The van der Waals surface area contributed by atoms with Crippen LogP contribution in [0.15, 0.2) is 30.3 Å². The molecule has 7 heteroatoms. The fraction of sp³-hybridized carbons (Fsp3) is 0.400. The first-order chi connectivity index (χ1) is 12.9. The maximum absolute atomic E-state index is 14.2. The Bertz CT molecular complexity index is 723. The van der Waals surface area contributed by atoms with Gasteiger partial charge in [0.15, 0.2) is 11.6 Å². The van der Waals surface area contributed by atoms with Gasteiger partial charge in [0, 0.05) is 13.1 Å². The van der Waals surface area contributed by atoms with Crippen molar-refractivity contribution >= 4 is 17.1 Å². The number of halogens is 3. The van der Waals surface area contributed by atoms with Gasteiger partial charge in [-0.25, -0.2) is 18.6 Å². The molecule has 0 aliphatic heterocycles. The van der Waals surface area contributed by atoms with Crippen LogP contribution in [0.5, 0.6) is 0 Å². The Balaban J connectivity index is 0.00000176. The second-order valence-corrected chi connectivity index (χ2v) is 5.84. The lowest BCUT2D eigenvalue weighted by molar-refractivity contribution is 0.353. The van der Waals surface area contributed by atoms with Gasteiger partial charge in [-0.05, 0) is 50.3 Å². The van der Waals surface area contributed by atoms with Crippen molar-refractivity contribution in [3.8, 4) is 0 Å². The molecule has 4 nitrogen and oxygen atoms in total. The molecule has 0 saturated carbocycles. The second kappa shape index (κ2) is 11.5. The van der Waals surface area contributed by atoms with Gasteiger partial charge < -0.3 is 15.6 Å². The molecule has 2 aromatic rings. The van der Waals surface area contributed by atoms with Crippen LogP contribution in [0.4, 0.5) is 30.2 Å². The summed E-state index contributed by atoms with van der Waals surface area (Å²) < 4.78 is 41.8. The van der Waals surface area contributed by atoms with Gasteiger partial charge in [-0.3, -0.25) is 0 Å². The van der Waals surface area contributed by atoms with E-state index in [1.165, 1.54) is 18.2 Å². The average molecular weight is 382 g/mol. The zero-order valence-corrected chi connectivity index (χ0v) is 16.6. The minimum Gasteiger partial charge on any atom is -0.349 e. The maximum Gasteiger partial charge on any atom is 0.184 e. The first-order valence-corrected chi connectivity index (χ1v) is 9.11. The summed E-state index contributed by atoms with van der Waals surface area (Å²) in [7, 11) is 1.98. The number of hydrogen-bond acceptors (Lipinski definition) is 4. The van der Waals surface area contributed by atoms with E-state index in [1.807, 2.05) is 27.8 Å². The number of rotatable bonds is 8. The SMILES string of the molecule is CC.CCN(C)CCNNc1ccc(F)c(F)c1Nc1ccc(C)cc1F. The molecule has 0 spiro atoms. The number of benzene rings is 2. The number of hydrogen-bond donors (Lipinski definition) is 3. The van der Waals surface area contributed by atoms with Crippen molar-refractivity contribution in [2.75, 3.05) is 37.4 Å². The zero-order chi connectivity index (χ0) is 20.4. The molecule has 0 fully saturated rings. The average Bonchev–Trinajstić information content (AvgIpc) is 2.67. The molecule has 2 rings (SSSR count). The third kappa shape index (κ3) is 6.77. The van der Waals surface area contributed by atoms with Crippen molar-refractivity contribution in [1.82, 2.24) is 10.3 Å². The molecule has 150 valence electrons. The molecule has 0 radical (unpaired) electrons. The summed E-state index contributed by atoms with van der Waals surface area (Å²) in [6.07, 6.45) is 0. The van der Waals surface area contributed by atoms with Gasteiger partial charge in [-0.1, -0.05) is 26.8 Å². The van der Waals surface area contributed by atoms with Crippen LogP contribution in [0.1, 0.15) is 26.3 Å². The van der Waals surface area contributed by atoms with E-state index in [-0.39, 0.29) is 17.1 Å². The number of hydrazine groups is 1. The van der Waals surface area contributed by atoms with Crippen LogP contribution in [0.2, 0.25) is 0 Å². The lowest BCUT2D eigenvalue weighted by Gasteiger charge is -2.18. The van der Waals surface area contributed by atoms with Crippen LogP contribution in [-0.4, -0.2) is 31.6 Å². The standard InChI is InChI=1S/C18H23F3N4.C2H6/c1-4-25(3)10-9-22-24-16-8-6-13(19)17(21)18(16)23-15-7-5-12(2)11-14(15)20;1-2/h5-8,11,22-24H,4,9-10H2,1-3H3;1-2H3. The van der Waals surface area contributed by atoms with Crippen LogP contribution < -0.4 is 16.2 Å². The highest BCUT2D eigenvalue weighted by molar-refractivity contribution is 5.75. The monoisotopic (exact) mass is 382 g/mol. The van der Waals surface area contributed by atoms with Crippen LogP contribution in [0.3, 0.4) is 0 Å². The largest absolute Gasteiger partial charge is 0.349 e. The Labute approximate surface area is 159 Å². The van der Waals surface area contributed by atoms with Crippen LogP contribution in [-0.2, 0) is 0 Å². The zero-order valence-electron chi connectivity index (χ0n) is 16.6. The Morgan fingerprint density at radius 1 is 0.963 bits per heavy atom. The third-order valence-electron chi connectivity index (χ3n) is 3.86. The first-order valence-electron chi connectivity index (χ1n) is 9.11. The van der Waals surface area contributed by atoms with Crippen LogP contribution in [0.25, 0.3) is 0 Å². The Kier molecular flexibility index (Phi) is 9.67. The quantitative estimate of drug-likeness (QED) is 0.441. The predicted molar refractivity (Wildman–Crippen MR) is 107 cm³/mol. The fourth-order valence-electron chi connectivity index (χ4n) is 2.20. The molecule has 0 amide bonds. The molecule has 27 heavy (non-hydrogen) atoms. The Hall–Kier alpha value is -2.25. The molecule has 0 saturated heterocycles. The summed E-state index contributed by atoms with van der Waals surface area (Å²) in [4.78, 5) is 2.10. The molecule has 0 aromatic heterocycles. The fourth-order valence-corrected chi connectivity index (χ4v) is 2.20. The minimum atomic E-state index is -1.07. The van der Waals surface area contributed by atoms with Crippen molar-refractivity contribution in [1.29, 1.82) is 0 Å². The molecule has 0 heterocycles. The Morgan fingerprint density at radius 3 is 2.26 bits per heavy atom. The van der Waals surface area contributed by atoms with Crippen molar-refractivity contribution in [3.05, 3.63) is 53.3 Å². The molecule has 0 atom stereocenters. The van der Waals surface area contributed by atoms with E-state index >= 15 is 0 Å². The summed E-state index contributed by atoms with van der Waals surface area (Å²) in [6, 6.07) is 6.92. The summed E-state index contributed by atoms with van der Waals surface area (Å²) in [5.41, 5.74) is 6.74. The number of anilines is 3. The van der Waals surface area contributed by atoms with Gasteiger partial charge in [-0.2, -0.15) is 0 Å². The van der Waals surface area contributed by atoms with Gasteiger partial charge in [0.05, 0.1) is 11.4 Å². The minimum absolute atomic E-state index is 0.0730. The van der Waals surface area contributed by atoms with Crippen molar-refractivity contribution in [2.24, 2.45) is 0 Å². The highest BCUT2D eigenvalue weighted by atomic mass is 19.2. The van der Waals surface area contributed by atoms with Crippen LogP contribution >= 0.6 is 0 Å². The molecule has 0 aliphatic rings. The number of aryl methyl sites for hydroxylation is 1. The van der Waals surface area contributed by atoms with Crippen molar-refractivity contribution in [3.63, 3.8) is 0 Å². The van der Waals surface area contributed by atoms with E-state index < -0.39 is 17.5 Å². The molecular formula is C20H29F3N4. The summed E-state index contributed by atoms with van der Waals surface area (Å²) >= 11 is 0. The van der Waals surface area contributed by atoms with Gasteiger partial charge in [0.25, 0.3) is 0 Å². The second-order valence-electron chi connectivity index (χ2n) is 5.84. The lowest BCUT2D eigenvalue weighted by Crippen LogP contribution is -2.32. The highest BCUT2D eigenvalue weighted by Crippen LogP contribution is 2.31. The third-order valence-corrected chi connectivity index (χ3v) is 3.86. The number of nitrogens with one attached hydrogen (secondary N) is 3. The van der Waals surface area contributed by atoms with E-state index in [2.05, 4.69) is 21.1 Å². The Morgan fingerprint density at radius 2 is 1.63 bits per heavy atom. The highest BCUT2D eigenvalue weighted by Gasteiger charge is 2.15. The topological polar surface area (TPSA) is 39.3 Å². The van der Waals surface area contributed by atoms with E-state index in [1.54, 1.807) is 13.0 Å². The summed E-state index contributed by atoms with van der Waals surface area (Å²) in [5, 5.41) is 2.64. The van der Waals surface area contributed by atoms with E-state index in [9.17, 15) is 13.2 Å². The van der Waals surface area contributed by atoms with Gasteiger partial charge in [0.1, 0.15) is 11.5 Å². The van der Waals surface area contributed by atoms with Crippen molar-refractivity contribution < 1.29 is 13.2 Å². The van der Waals surface area contributed by atoms with Gasteiger partial charge in [-0.15, -0.1) is 0 Å². The molecule has 3 N–H and O–H groups in total. The summed E-state index contributed by atoms with van der Waals surface area (Å²) in [5.74, 6) is -2.61. The van der Waals surface area contributed by atoms with Gasteiger partial charge >= 0.3 is 0 Å². The lowest BCUT2D eigenvalue weighted by atomic mass is 10.2.